The van der Waals surface area contributed by atoms with Gasteiger partial charge in [0.15, 0.2) is 0 Å². The molecule has 1 fully saturated rings. The number of aryl methyl sites for hydroxylation is 1. The van der Waals surface area contributed by atoms with Crippen LogP contribution in [-0.4, -0.2) is 74.7 Å². The van der Waals surface area contributed by atoms with Crippen LogP contribution in [0.5, 0.6) is 0 Å². The summed E-state index contributed by atoms with van der Waals surface area (Å²) < 4.78 is 26.8. The van der Waals surface area contributed by atoms with Gasteiger partial charge < -0.3 is 9.80 Å². The van der Waals surface area contributed by atoms with Crippen molar-refractivity contribution in [2.24, 2.45) is 0 Å². The summed E-state index contributed by atoms with van der Waals surface area (Å²) in [6.45, 7) is 9.30. The number of sulfonamides is 1. The SMILES string of the molecule is CCN(CC)S(=O)(=O)c1ccc(C)c(C(=O)N2CCN(C)CC2)c1. The molecule has 1 aliphatic rings. The lowest BCUT2D eigenvalue weighted by Crippen LogP contribution is -2.47. The maximum absolute atomic E-state index is 12.8. The van der Waals surface area contributed by atoms with Crippen molar-refractivity contribution >= 4 is 15.9 Å². The van der Waals surface area contributed by atoms with Gasteiger partial charge in [-0.3, -0.25) is 4.79 Å². The summed E-state index contributed by atoms with van der Waals surface area (Å²) in [4.78, 5) is 17.0. The Morgan fingerprint density at radius 2 is 1.71 bits per heavy atom. The highest BCUT2D eigenvalue weighted by Crippen LogP contribution is 2.21. The molecule has 0 radical (unpaired) electrons. The van der Waals surface area contributed by atoms with E-state index in [1.807, 2.05) is 27.8 Å². The summed E-state index contributed by atoms with van der Waals surface area (Å²) in [5.74, 6) is -0.0859. The highest BCUT2D eigenvalue weighted by molar-refractivity contribution is 7.89. The van der Waals surface area contributed by atoms with Crippen molar-refractivity contribution in [2.75, 3.05) is 46.3 Å². The monoisotopic (exact) mass is 353 g/mol. The van der Waals surface area contributed by atoms with Crippen molar-refractivity contribution < 1.29 is 13.2 Å². The van der Waals surface area contributed by atoms with E-state index in [0.29, 0.717) is 31.7 Å². The lowest BCUT2D eigenvalue weighted by molar-refractivity contribution is 0.0663. The first-order valence-corrected chi connectivity index (χ1v) is 9.83. The first kappa shape index (κ1) is 18.9. The Morgan fingerprint density at radius 3 is 2.25 bits per heavy atom. The van der Waals surface area contributed by atoms with Gasteiger partial charge in [-0.15, -0.1) is 0 Å². The van der Waals surface area contributed by atoms with Crippen molar-refractivity contribution in [3.05, 3.63) is 29.3 Å². The van der Waals surface area contributed by atoms with Crippen LogP contribution in [0.1, 0.15) is 29.8 Å². The lowest BCUT2D eigenvalue weighted by atomic mass is 10.1. The van der Waals surface area contributed by atoms with E-state index in [4.69, 9.17) is 0 Å². The Balaban J connectivity index is 2.34. The maximum Gasteiger partial charge on any atom is 0.254 e. The predicted molar refractivity (Wildman–Crippen MR) is 94.7 cm³/mol. The molecule has 0 N–H and O–H groups in total. The van der Waals surface area contributed by atoms with Crippen molar-refractivity contribution in [2.45, 2.75) is 25.7 Å². The first-order valence-electron chi connectivity index (χ1n) is 8.39. The largest absolute Gasteiger partial charge is 0.336 e. The van der Waals surface area contributed by atoms with E-state index in [-0.39, 0.29) is 10.8 Å². The third-order valence-electron chi connectivity index (χ3n) is 4.57. The van der Waals surface area contributed by atoms with Crippen LogP contribution in [0, 0.1) is 6.92 Å². The fourth-order valence-corrected chi connectivity index (χ4v) is 4.37. The number of nitrogens with zero attached hydrogens (tertiary/aromatic N) is 3. The molecule has 1 saturated heterocycles. The first-order chi connectivity index (χ1) is 11.3. The molecule has 7 heteroatoms. The van der Waals surface area contributed by atoms with Gasteiger partial charge in [0.05, 0.1) is 4.90 Å². The zero-order chi connectivity index (χ0) is 17.9. The molecule has 134 valence electrons. The lowest BCUT2D eigenvalue weighted by Gasteiger charge is -2.32. The van der Waals surface area contributed by atoms with Gasteiger partial charge in [-0.25, -0.2) is 8.42 Å². The molecule has 0 saturated carbocycles. The smallest absolute Gasteiger partial charge is 0.254 e. The molecule has 0 atom stereocenters. The van der Waals surface area contributed by atoms with Crippen LogP contribution in [0.2, 0.25) is 0 Å². The van der Waals surface area contributed by atoms with Crippen LogP contribution in [0.4, 0.5) is 0 Å². The molecule has 0 bridgehead atoms. The maximum atomic E-state index is 12.8. The molecule has 2 rings (SSSR count). The molecule has 6 nitrogen and oxygen atoms in total. The molecule has 0 aliphatic carbocycles. The number of piperazine rings is 1. The Morgan fingerprint density at radius 1 is 1.12 bits per heavy atom. The fourth-order valence-electron chi connectivity index (χ4n) is 2.88. The van der Waals surface area contributed by atoms with E-state index >= 15 is 0 Å². The average molecular weight is 353 g/mol. The number of rotatable bonds is 5. The van der Waals surface area contributed by atoms with E-state index in [1.54, 1.807) is 17.0 Å². The van der Waals surface area contributed by atoms with Gasteiger partial charge in [0.1, 0.15) is 0 Å². The van der Waals surface area contributed by atoms with E-state index in [9.17, 15) is 13.2 Å². The molecular weight excluding hydrogens is 326 g/mol. The van der Waals surface area contributed by atoms with Crippen molar-refractivity contribution in [3.63, 3.8) is 0 Å². The van der Waals surface area contributed by atoms with E-state index in [2.05, 4.69) is 4.90 Å². The number of hydrogen-bond donors (Lipinski definition) is 0. The van der Waals surface area contributed by atoms with Crippen LogP contribution in [0.15, 0.2) is 23.1 Å². The average Bonchev–Trinajstić information content (AvgIpc) is 2.56. The minimum absolute atomic E-state index is 0.0859. The number of likely N-dealkylation sites (N-methyl/N-ethyl adjacent to an activating group) is 1. The van der Waals surface area contributed by atoms with Crippen molar-refractivity contribution in [1.82, 2.24) is 14.1 Å². The van der Waals surface area contributed by atoms with Gasteiger partial charge in [0, 0.05) is 44.8 Å². The fraction of sp³-hybridized carbons (Fsp3) is 0.588. The number of carbonyl (C=O) groups is 1. The zero-order valence-corrected chi connectivity index (χ0v) is 15.8. The third kappa shape index (κ3) is 3.79. The van der Waals surface area contributed by atoms with Crippen LogP contribution >= 0.6 is 0 Å². The zero-order valence-electron chi connectivity index (χ0n) is 14.9. The van der Waals surface area contributed by atoms with Crippen LogP contribution in [0.3, 0.4) is 0 Å². The number of benzene rings is 1. The summed E-state index contributed by atoms with van der Waals surface area (Å²) in [6, 6.07) is 4.84. The van der Waals surface area contributed by atoms with Gasteiger partial charge in [0.25, 0.3) is 5.91 Å². The normalized spacial score (nSPS) is 16.6. The standard InChI is InChI=1S/C17H27N3O3S/c1-5-20(6-2)24(22,23)15-8-7-14(3)16(13-15)17(21)19-11-9-18(4)10-12-19/h7-8,13H,5-6,9-12H2,1-4H3. The van der Waals surface area contributed by atoms with Crippen molar-refractivity contribution in [1.29, 1.82) is 0 Å². The second-order valence-corrected chi connectivity index (χ2v) is 8.10. The van der Waals surface area contributed by atoms with Crippen LogP contribution < -0.4 is 0 Å². The molecule has 0 aromatic heterocycles. The minimum Gasteiger partial charge on any atom is -0.336 e. The molecule has 1 amide bonds. The minimum atomic E-state index is -3.56. The van der Waals surface area contributed by atoms with Gasteiger partial charge >= 0.3 is 0 Å². The molecule has 1 aromatic carbocycles. The van der Waals surface area contributed by atoms with Crippen LogP contribution in [0.25, 0.3) is 0 Å². The van der Waals surface area contributed by atoms with Crippen molar-refractivity contribution in [3.8, 4) is 0 Å². The molecule has 1 aliphatic heterocycles. The van der Waals surface area contributed by atoms with Gasteiger partial charge in [-0.1, -0.05) is 19.9 Å². The summed E-state index contributed by atoms with van der Waals surface area (Å²) in [7, 11) is -1.53. The van der Waals surface area contributed by atoms with Crippen LogP contribution in [-0.2, 0) is 10.0 Å². The molecule has 0 unspecified atom stereocenters. The Bertz CT molecular complexity index is 691. The summed E-state index contributed by atoms with van der Waals surface area (Å²) in [5.41, 5.74) is 1.28. The topological polar surface area (TPSA) is 60.9 Å². The van der Waals surface area contributed by atoms with Gasteiger partial charge in [0.2, 0.25) is 10.0 Å². The summed E-state index contributed by atoms with van der Waals surface area (Å²) in [6.07, 6.45) is 0. The van der Waals surface area contributed by atoms with E-state index in [0.717, 1.165) is 18.7 Å². The molecule has 0 spiro atoms. The number of hydrogen-bond acceptors (Lipinski definition) is 4. The molecular formula is C17H27N3O3S. The molecule has 1 aromatic rings. The highest BCUT2D eigenvalue weighted by atomic mass is 32.2. The molecule has 1 heterocycles. The third-order valence-corrected chi connectivity index (χ3v) is 6.62. The van der Waals surface area contributed by atoms with E-state index in [1.165, 1.54) is 10.4 Å². The molecule has 24 heavy (non-hydrogen) atoms. The number of amides is 1. The second kappa shape index (κ2) is 7.63. The Hall–Kier alpha value is -1.44. The summed E-state index contributed by atoms with van der Waals surface area (Å²) >= 11 is 0. The van der Waals surface area contributed by atoms with Gasteiger partial charge in [-0.2, -0.15) is 4.31 Å². The highest BCUT2D eigenvalue weighted by Gasteiger charge is 2.26. The quantitative estimate of drug-likeness (QED) is 0.803. The number of carbonyl (C=O) groups excluding carboxylic acids is 1. The Labute approximate surface area is 145 Å². The van der Waals surface area contributed by atoms with Gasteiger partial charge in [-0.05, 0) is 31.7 Å². The van der Waals surface area contributed by atoms with E-state index < -0.39 is 10.0 Å². The predicted octanol–water partition coefficient (Wildman–Crippen LogP) is 1.41. The Kier molecular flexibility index (Phi) is 6.01. The second-order valence-electron chi connectivity index (χ2n) is 6.16. The summed E-state index contributed by atoms with van der Waals surface area (Å²) in [5, 5.41) is 0.